The van der Waals surface area contributed by atoms with Gasteiger partial charge in [-0.2, -0.15) is 5.10 Å². The highest BCUT2D eigenvalue weighted by atomic mass is 79.9. The largest absolute Gasteiger partial charge is 0.276 e. The number of nitrogens with zero attached hydrogens (tertiary/aromatic N) is 2. The maximum Gasteiger partial charge on any atom is 0.238 e. The van der Waals surface area contributed by atoms with Gasteiger partial charge < -0.3 is 0 Å². The highest BCUT2D eigenvalue weighted by Crippen LogP contribution is 2.17. The van der Waals surface area contributed by atoms with E-state index >= 15 is 0 Å². The molecule has 0 spiro atoms. The van der Waals surface area contributed by atoms with Crippen molar-refractivity contribution in [2.24, 2.45) is 0 Å². The van der Waals surface area contributed by atoms with Gasteiger partial charge in [0.2, 0.25) is 12.4 Å². The number of nitrogens with one attached hydrogen (secondary N) is 1. The van der Waals surface area contributed by atoms with E-state index in [0.717, 1.165) is 15.4 Å². The number of halogens is 1. The fourth-order valence-electron chi connectivity index (χ4n) is 1.04. The number of aromatic amines is 1. The molecular weight excluding hydrogens is 222 g/mol. The lowest BCUT2D eigenvalue weighted by molar-refractivity contribution is -0.885. The van der Waals surface area contributed by atoms with Crippen LogP contribution in [0, 0.1) is 0 Å². The summed E-state index contributed by atoms with van der Waals surface area (Å²) in [6.07, 6.45) is 5.42. The lowest BCUT2D eigenvalue weighted by Crippen LogP contribution is -2.39. The van der Waals surface area contributed by atoms with Gasteiger partial charge in [-0.25, -0.2) is 0 Å². The van der Waals surface area contributed by atoms with Crippen molar-refractivity contribution < 1.29 is 9.57 Å². The molecule has 2 aromatic rings. The Morgan fingerprint density at radius 1 is 1.58 bits per heavy atom. The second kappa shape index (κ2) is 2.75. The summed E-state index contributed by atoms with van der Waals surface area (Å²) in [5.41, 5.74) is 0.975. The molecule has 0 radical (unpaired) electrons. The van der Waals surface area contributed by atoms with Crippen molar-refractivity contribution in [3.63, 3.8) is 0 Å². The third-order valence-corrected chi connectivity index (χ3v) is 2.23. The SMILES string of the molecule is CO[n+]1cc(Br)c2[nH]ncc2c1. The quantitative estimate of drug-likeness (QED) is 0.730. The predicted octanol–water partition coefficient (Wildman–Crippen LogP) is 0.671. The summed E-state index contributed by atoms with van der Waals surface area (Å²) in [5, 5.41) is 7.79. The molecule has 62 valence electrons. The van der Waals surface area contributed by atoms with Crippen molar-refractivity contribution in [3.8, 4) is 0 Å². The second-order valence-electron chi connectivity index (χ2n) is 2.35. The zero-order valence-electron chi connectivity index (χ0n) is 6.41. The van der Waals surface area contributed by atoms with E-state index in [4.69, 9.17) is 4.84 Å². The second-order valence-corrected chi connectivity index (χ2v) is 3.20. The van der Waals surface area contributed by atoms with Gasteiger partial charge in [-0.15, -0.1) is 0 Å². The van der Waals surface area contributed by atoms with Crippen LogP contribution in [0.1, 0.15) is 0 Å². The normalized spacial score (nSPS) is 10.5. The predicted molar refractivity (Wildman–Crippen MR) is 46.5 cm³/mol. The third-order valence-electron chi connectivity index (χ3n) is 1.63. The number of hydrogen-bond acceptors (Lipinski definition) is 2. The lowest BCUT2D eigenvalue weighted by atomic mass is 10.3. The Kier molecular flexibility index (Phi) is 1.73. The van der Waals surface area contributed by atoms with E-state index in [9.17, 15) is 0 Å². The van der Waals surface area contributed by atoms with Crippen molar-refractivity contribution >= 4 is 26.8 Å². The van der Waals surface area contributed by atoms with Gasteiger partial charge in [0.05, 0.1) is 17.1 Å². The van der Waals surface area contributed by atoms with Gasteiger partial charge in [-0.3, -0.25) is 9.94 Å². The molecule has 2 rings (SSSR count). The summed E-state index contributed by atoms with van der Waals surface area (Å²) >= 11 is 3.40. The molecular formula is C7H7BrN3O+. The zero-order valence-corrected chi connectivity index (χ0v) is 8.00. The number of aromatic nitrogens is 3. The van der Waals surface area contributed by atoms with Crippen LogP contribution in [-0.4, -0.2) is 17.3 Å². The van der Waals surface area contributed by atoms with Crippen molar-refractivity contribution in [2.45, 2.75) is 0 Å². The number of fused-ring (bicyclic) bond motifs is 1. The molecule has 0 aliphatic heterocycles. The van der Waals surface area contributed by atoms with Crippen molar-refractivity contribution in [3.05, 3.63) is 23.1 Å². The molecule has 0 bridgehead atoms. The van der Waals surface area contributed by atoms with Crippen LogP contribution < -0.4 is 9.57 Å². The fraction of sp³-hybridized carbons (Fsp3) is 0.143. The third kappa shape index (κ3) is 1.06. The van der Waals surface area contributed by atoms with E-state index in [2.05, 4.69) is 26.1 Å². The highest BCUT2D eigenvalue weighted by Gasteiger charge is 2.09. The minimum Gasteiger partial charge on any atom is -0.276 e. The van der Waals surface area contributed by atoms with Crippen LogP contribution in [0.3, 0.4) is 0 Å². The van der Waals surface area contributed by atoms with E-state index < -0.39 is 0 Å². The summed E-state index contributed by atoms with van der Waals surface area (Å²) in [6, 6.07) is 0. The minimum atomic E-state index is 0.930. The lowest BCUT2D eigenvalue weighted by Gasteiger charge is -1.92. The number of pyridine rings is 1. The van der Waals surface area contributed by atoms with Crippen molar-refractivity contribution in [1.29, 1.82) is 0 Å². The van der Waals surface area contributed by atoms with E-state index in [1.54, 1.807) is 18.0 Å². The zero-order chi connectivity index (χ0) is 8.55. The summed E-state index contributed by atoms with van der Waals surface area (Å²) in [6.45, 7) is 0. The molecule has 0 saturated carbocycles. The number of hydrogen-bond donors (Lipinski definition) is 1. The Bertz CT molecular complexity index is 412. The summed E-state index contributed by atoms with van der Waals surface area (Å²) in [7, 11) is 1.61. The topological polar surface area (TPSA) is 41.8 Å². The molecule has 0 amide bonds. The van der Waals surface area contributed by atoms with Crippen LogP contribution >= 0.6 is 15.9 Å². The van der Waals surface area contributed by atoms with Gasteiger partial charge in [0, 0.05) is 4.73 Å². The Hall–Kier alpha value is -1.10. The summed E-state index contributed by atoms with van der Waals surface area (Å²) in [5.74, 6) is 0. The first kappa shape index (κ1) is 7.54. The Balaban J connectivity index is 2.75. The van der Waals surface area contributed by atoms with Gasteiger partial charge in [0.15, 0.2) is 0 Å². The number of rotatable bonds is 1. The first-order valence-electron chi connectivity index (χ1n) is 3.39. The van der Waals surface area contributed by atoms with E-state index in [0.29, 0.717) is 0 Å². The van der Waals surface area contributed by atoms with Crippen LogP contribution in [0.5, 0.6) is 0 Å². The Morgan fingerprint density at radius 3 is 3.17 bits per heavy atom. The minimum absolute atomic E-state index is 0.930. The summed E-state index contributed by atoms with van der Waals surface area (Å²) < 4.78 is 2.54. The molecule has 2 aromatic heterocycles. The standard InChI is InChI=1S/C7H6BrN3O/c1-12-11-3-5-2-9-10-7(5)6(8)4-11/h2-4H,1H3/p+1. The van der Waals surface area contributed by atoms with Crippen LogP contribution in [0.15, 0.2) is 23.1 Å². The van der Waals surface area contributed by atoms with Crippen LogP contribution in [0.2, 0.25) is 0 Å². The van der Waals surface area contributed by atoms with Crippen LogP contribution in [0.25, 0.3) is 10.9 Å². The maximum absolute atomic E-state index is 5.02. The van der Waals surface area contributed by atoms with Crippen LogP contribution in [0.4, 0.5) is 0 Å². The van der Waals surface area contributed by atoms with Gasteiger partial charge in [-0.1, -0.05) is 0 Å². The number of H-pyrrole nitrogens is 1. The van der Waals surface area contributed by atoms with Gasteiger partial charge in [0.25, 0.3) is 0 Å². The van der Waals surface area contributed by atoms with Gasteiger partial charge >= 0.3 is 0 Å². The first-order chi connectivity index (χ1) is 5.81. The molecule has 0 aromatic carbocycles. The summed E-state index contributed by atoms with van der Waals surface area (Å²) in [4.78, 5) is 5.02. The molecule has 0 aliphatic carbocycles. The highest BCUT2D eigenvalue weighted by molar-refractivity contribution is 9.10. The van der Waals surface area contributed by atoms with Crippen molar-refractivity contribution in [2.75, 3.05) is 7.11 Å². The average molecular weight is 229 g/mol. The molecule has 0 aliphatic rings. The Morgan fingerprint density at radius 2 is 2.42 bits per heavy atom. The van der Waals surface area contributed by atoms with Crippen LogP contribution in [-0.2, 0) is 0 Å². The average Bonchev–Trinajstić information content (AvgIpc) is 2.52. The fourth-order valence-corrected chi connectivity index (χ4v) is 1.56. The first-order valence-corrected chi connectivity index (χ1v) is 4.19. The molecule has 4 nitrogen and oxygen atoms in total. The smallest absolute Gasteiger partial charge is 0.238 e. The molecule has 0 unspecified atom stereocenters. The van der Waals surface area contributed by atoms with Gasteiger partial charge in [-0.05, 0) is 15.9 Å². The molecule has 0 saturated heterocycles. The molecule has 0 fully saturated rings. The maximum atomic E-state index is 5.02. The monoisotopic (exact) mass is 228 g/mol. The van der Waals surface area contributed by atoms with Gasteiger partial charge in [0.1, 0.15) is 11.6 Å². The molecule has 0 atom stereocenters. The van der Waals surface area contributed by atoms with E-state index in [1.165, 1.54) is 0 Å². The van der Waals surface area contributed by atoms with E-state index in [-0.39, 0.29) is 0 Å². The molecule has 2 heterocycles. The van der Waals surface area contributed by atoms with E-state index in [1.807, 2.05) is 12.4 Å². The molecule has 1 N–H and O–H groups in total. The molecule has 12 heavy (non-hydrogen) atoms. The van der Waals surface area contributed by atoms with Crippen molar-refractivity contribution in [1.82, 2.24) is 10.2 Å². The molecule has 5 heteroatoms. The Labute approximate surface area is 77.2 Å².